The average Bonchev–Trinajstić information content (AvgIpc) is 2.86. The van der Waals surface area contributed by atoms with Crippen LogP contribution < -0.4 is 32.9 Å². The van der Waals surface area contributed by atoms with E-state index >= 15 is 8.78 Å². The van der Waals surface area contributed by atoms with Crippen molar-refractivity contribution in [3.63, 3.8) is 0 Å². The number of benzene rings is 4. The van der Waals surface area contributed by atoms with Crippen molar-refractivity contribution in [1.82, 2.24) is 0 Å². The molecule has 0 atom stereocenters. The maximum atomic E-state index is 15.4. The molecule has 0 spiro atoms. The van der Waals surface area contributed by atoms with E-state index in [2.05, 4.69) is 43.3 Å². The van der Waals surface area contributed by atoms with Crippen LogP contribution in [0, 0.1) is 11.6 Å². The van der Waals surface area contributed by atoms with Gasteiger partial charge < -0.3 is 17.0 Å². The summed E-state index contributed by atoms with van der Waals surface area (Å²) >= 11 is 0. The highest BCUT2D eigenvalue weighted by Crippen LogP contribution is 2.58. The van der Waals surface area contributed by atoms with Gasteiger partial charge in [0.1, 0.15) is 29.3 Å². The molecule has 0 amide bonds. The van der Waals surface area contributed by atoms with Gasteiger partial charge >= 0.3 is 0 Å². The maximum Gasteiger partial charge on any atom is 0.165 e. The fourth-order valence-electron chi connectivity index (χ4n) is 4.34. The van der Waals surface area contributed by atoms with Gasteiger partial charge in [0.05, 0.1) is 0 Å². The van der Waals surface area contributed by atoms with Crippen molar-refractivity contribution < 1.29 is 25.8 Å². The maximum absolute atomic E-state index is 15.4. The van der Waals surface area contributed by atoms with E-state index in [1.54, 1.807) is 12.1 Å². The summed E-state index contributed by atoms with van der Waals surface area (Å²) in [5.74, 6) is -1.39. The van der Waals surface area contributed by atoms with Gasteiger partial charge in [-0.2, -0.15) is 0 Å². The minimum Gasteiger partial charge on any atom is -1.00 e. The number of aryl methyl sites for hydroxylation is 1. The summed E-state index contributed by atoms with van der Waals surface area (Å²) in [7, 11) is -2.26. The van der Waals surface area contributed by atoms with Gasteiger partial charge in [-0.05, 0) is 54.8 Å². The van der Waals surface area contributed by atoms with Gasteiger partial charge in [-0.1, -0.05) is 80.1 Å². The Labute approximate surface area is 206 Å². The van der Waals surface area contributed by atoms with Gasteiger partial charge in [0.25, 0.3) is 0 Å². The Morgan fingerprint density at radius 2 is 0.970 bits per heavy atom. The quantitative estimate of drug-likeness (QED) is 0.307. The summed E-state index contributed by atoms with van der Waals surface area (Å²) in [6.07, 6.45) is 2.80. The van der Waals surface area contributed by atoms with Crippen LogP contribution in [0.15, 0.2) is 103 Å². The second kappa shape index (κ2) is 11.7. The molecule has 0 nitrogen and oxygen atoms in total. The first-order valence-electron chi connectivity index (χ1n) is 11.2. The first-order valence-corrected chi connectivity index (χ1v) is 13.1. The van der Waals surface area contributed by atoms with E-state index in [1.807, 2.05) is 54.6 Å². The highest BCUT2D eigenvalue weighted by Gasteiger charge is 2.46. The third-order valence-electron chi connectivity index (χ3n) is 6.04. The van der Waals surface area contributed by atoms with E-state index in [0.717, 1.165) is 28.8 Å². The van der Waals surface area contributed by atoms with Crippen LogP contribution >= 0.6 is 7.26 Å². The molecule has 4 aromatic rings. The standard InChI is InChI=1S/C29H28F2P.BrH/c1-2-3-13-23-20-21-24(29(31)28(23)30)22-32(25-14-7-4-8-15-25,26-16-9-5-10-17-26)27-18-11-6-12-19-27;/h4-12,14-21H,2-3,13,22H2,1H3;1H/q+1;/p-1. The summed E-state index contributed by atoms with van der Waals surface area (Å²) in [5.41, 5.74) is 0.906. The molecule has 0 fully saturated rings. The molecule has 0 aliphatic rings. The molecular formula is C29H28BrF2P. The molecule has 4 heteroatoms. The Morgan fingerprint density at radius 3 is 1.39 bits per heavy atom. The SMILES string of the molecule is CCCCc1ccc(C[P+](c2ccccc2)(c2ccccc2)c2ccccc2)c(F)c1F.[Br-]. The minimum atomic E-state index is -2.26. The lowest BCUT2D eigenvalue weighted by atomic mass is 10.1. The van der Waals surface area contributed by atoms with Crippen LogP contribution in [0.3, 0.4) is 0 Å². The Balaban J connectivity index is 0.00000306. The Kier molecular flexibility index (Phi) is 8.95. The molecule has 33 heavy (non-hydrogen) atoms. The first kappa shape index (κ1) is 25.3. The Morgan fingerprint density at radius 1 is 0.576 bits per heavy atom. The van der Waals surface area contributed by atoms with Gasteiger partial charge in [0.15, 0.2) is 11.6 Å². The van der Waals surface area contributed by atoms with E-state index < -0.39 is 18.9 Å². The molecular weight excluding hydrogens is 497 g/mol. The lowest BCUT2D eigenvalue weighted by molar-refractivity contribution is -0.00000736. The molecule has 0 bridgehead atoms. The van der Waals surface area contributed by atoms with E-state index in [1.165, 1.54) is 0 Å². The van der Waals surface area contributed by atoms with Crippen LogP contribution in [0.4, 0.5) is 8.78 Å². The first-order chi connectivity index (χ1) is 15.7. The van der Waals surface area contributed by atoms with Crippen LogP contribution in [0.25, 0.3) is 0 Å². The molecule has 0 N–H and O–H groups in total. The molecule has 0 aromatic heterocycles. The van der Waals surface area contributed by atoms with Gasteiger partial charge in [-0.25, -0.2) is 8.78 Å². The van der Waals surface area contributed by atoms with Crippen LogP contribution in [-0.2, 0) is 12.6 Å². The molecule has 0 aliphatic heterocycles. The zero-order valence-corrected chi connectivity index (χ0v) is 21.2. The molecule has 0 heterocycles. The molecule has 0 unspecified atom stereocenters. The lowest BCUT2D eigenvalue weighted by Crippen LogP contribution is -3.00. The Bertz CT molecular complexity index is 1050. The summed E-state index contributed by atoms with van der Waals surface area (Å²) in [4.78, 5) is 0. The van der Waals surface area contributed by atoms with Gasteiger partial charge in [0.2, 0.25) is 0 Å². The fraction of sp³-hybridized carbons (Fsp3) is 0.172. The van der Waals surface area contributed by atoms with Crippen molar-refractivity contribution in [2.24, 2.45) is 0 Å². The van der Waals surface area contributed by atoms with Crippen LogP contribution in [0.1, 0.15) is 30.9 Å². The molecule has 0 saturated heterocycles. The molecule has 0 aliphatic carbocycles. The largest absolute Gasteiger partial charge is 1.00 e. The zero-order valence-electron chi connectivity index (χ0n) is 18.7. The van der Waals surface area contributed by atoms with E-state index in [9.17, 15) is 0 Å². The summed E-state index contributed by atoms with van der Waals surface area (Å²) in [6.45, 7) is 2.06. The number of rotatable bonds is 8. The van der Waals surface area contributed by atoms with Gasteiger partial charge in [-0.15, -0.1) is 0 Å². The number of halogens is 3. The highest BCUT2D eigenvalue weighted by atomic mass is 79.9. The summed E-state index contributed by atoms with van der Waals surface area (Å²) in [6, 6.07) is 34.5. The van der Waals surface area contributed by atoms with Crippen molar-refractivity contribution in [1.29, 1.82) is 0 Å². The number of hydrogen-bond acceptors (Lipinski definition) is 0. The van der Waals surface area contributed by atoms with Crippen molar-refractivity contribution in [2.75, 3.05) is 0 Å². The zero-order chi connectivity index (χ0) is 22.4. The summed E-state index contributed by atoms with van der Waals surface area (Å²) < 4.78 is 30.4. The van der Waals surface area contributed by atoms with Crippen LogP contribution in [-0.4, -0.2) is 0 Å². The lowest BCUT2D eigenvalue weighted by Gasteiger charge is -2.28. The van der Waals surface area contributed by atoms with Crippen molar-refractivity contribution >= 4 is 23.2 Å². The molecule has 0 saturated carbocycles. The molecule has 4 aromatic carbocycles. The van der Waals surface area contributed by atoms with E-state index in [4.69, 9.17) is 0 Å². The molecule has 4 rings (SSSR count). The topological polar surface area (TPSA) is 0 Å². The third-order valence-corrected chi connectivity index (χ3v) is 10.4. The summed E-state index contributed by atoms with van der Waals surface area (Å²) in [5, 5.41) is 3.48. The third kappa shape index (κ3) is 5.26. The minimum absolute atomic E-state index is 0. The van der Waals surface area contributed by atoms with Crippen molar-refractivity contribution in [3.8, 4) is 0 Å². The highest BCUT2D eigenvalue weighted by molar-refractivity contribution is 7.95. The monoisotopic (exact) mass is 524 g/mol. The number of unbranched alkanes of at least 4 members (excludes halogenated alkanes) is 1. The van der Waals surface area contributed by atoms with Gasteiger partial charge in [-0.3, -0.25) is 0 Å². The predicted molar refractivity (Wildman–Crippen MR) is 134 cm³/mol. The number of hydrogen-bond donors (Lipinski definition) is 0. The second-order valence-electron chi connectivity index (χ2n) is 8.09. The van der Waals surface area contributed by atoms with Crippen LogP contribution in [0.2, 0.25) is 0 Å². The fourth-order valence-corrected chi connectivity index (χ4v) is 8.58. The van der Waals surface area contributed by atoms with Crippen molar-refractivity contribution in [2.45, 2.75) is 32.3 Å². The average molecular weight is 525 g/mol. The molecule has 170 valence electrons. The van der Waals surface area contributed by atoms with Gasteiger partial charge in [0, 0.05) is 5.56 Å². The van der Waals surface area contributed by atoms with Crippen molar-refractivity contribution in [3.05, 3.63) is 126 Å². The van der Waals surface area contributed by atoms with E-state index in [-0.39, 0.29) is 17.0 Å². The predicted octanol–water partition coefficient (Wildman–Crippen LogP) is 3.81. The molecule has 0 radical (unpaired) electrons. The smallest absolute Gasteiger partial charge is 0.165 e. The Hall–Kier alpha value is -2.35. The van der Waals surface area contributed by atoms with E-state index in [0.29, 0.717) is 23.7 Å². The second-order valence-corrected chi connectivity index (χ2v) is 11.6. The normalized spacial score (nSPS) is 11.1. The van der Waals surface area contributed by atoms with Crippen LogP contribution in [0.5, 0.6) is 0 Å².